The molecule has 0 aliphatic carbocycles. The van der Waals surface area contributed by atoms with Gasteiger partial charge in [0.1, 0.15) is 6.04 Å². The summed E-state index contributed by atoms with van der Waals surface area (Å²) in [6.45, 7) is 12.8. The number of nitrogens with zero attached hydrogens (tertiary/aromatic N) is 1. The summed E-state index contributed by atoms with van der Waals surface area (Å²) in [4.78, 5) is 42.9. The molecule has 3 aliphatic heterocycles. The summed E-state index contributed by atoms with van der Waals surface area (Å²) in [6.07, 6.45) is 2.25. The molecule has 36 heavy (non-hydrogen) atoms. The van der Waals surface area contributed by atoms with Crippen LogP contribution in [-0.2, 0) is 20.9 Å². The number of benzene rings is 1. The lowest BCUT2D eigenvalue weighted by Gasteiger charge is -2.38. The van der Waals surface area contributed by atoms with Crippen LogP contribution in [0.1, 0.15) is 66.4 Å². The van der Waals surface area contributed by atoms with Gasteiger partial charge in [0, 0.05) is 23.4 Å². The van der Waals surface area contributed by atoms with Crippen molar-refractivity contribution in [3.8, 4) is 0 Å². The topological polar surface area (TPSA) is 98.7 Å². The molecule has 4 rings (SSSR count). The number of carbonyl (C=O) groups excluding carboxylic acids is 3. The lowest BCUT2D eigenvalue weighted by Crippen LogP contribution is -2.58. The van der Waals surface area contributed by atoms with Crippen molar-refractivity contribution >= 4 is 29.5 Å². The fourth-order valence-corrected chi connectivity index (χ4v) is 9.50. The summed E-state index contributed by atoms with van der Waals surface area (Å²) in [5, 5.41) is 16.1. The molecule has 5 atom stereocenters. The number of carbonyl (C=O) groups is 3. The Morgan fingerprint density at radius 3 is 2.39 bits per heavy atom. The van der Waals surface area contributed by atoms with Crippen LogP contribution < -0.4 is 10.6 Å². The van der Waals surface area contributed by atoms with Crippen LogP contribution in [0, 0.1) is 17.3 Å². The lowest BCUT2D eigenvalue weighted by atomic mass is 9.66. The second-order valence-electron chi connectivity index (χ2n) is 12.8. The van der Waals surface area contributed by atoms with Crippen LogP contribution >= 0.6 is 11.8 Å². The molecule has 1 spiro atoms. The summed E-state index contributed by atoms with van der Waals surface area (Å²) < 4.78 is -1.08. The number of thioether (sulfide) groups is 1. The molecular formula is C28H41N3O4S. The van der Waals surface area contributed by atoms with E-state index in [2.05, 4.69) is 38.3 Å². The lowest BCUT2D eigenvalue weighted by molar-refractivity contribution is -0.141. The molecule has 3 aliphatic rings. The molecule has 2 bridgehead atoms. The third-order valence-electron chi connectivity index (χ3n) is 7.89. The highest BCUT2D eigenvalue weighted by atomic mass is 32.2. The van der Waals surface area contributed by atoms with Crippen molar-refractivity contribution < 1.29 is 19.5 Å². The van der Waals surface area contributed by atoms with Gasteiger partial charge in [0.25, 0.3) is 0 Å². The van der Waals surface area contributed by atoms with Crippen LogP contribution in [-0.4, -0.2) is 62.0 Å². The SMILES string of the molecule is CC(C)(C)CC(C)(C)NC(=O)C1N(CCO)C(=O)[C@@H]2[C@H](C(=O)NCc3ccccc3)[C@]3(C)CCC12S3. The highest BCUT2D eigenvalue weighted by Crippen LogP contribution is 2.71. The van der Waals surface area contributed by atoms with Crippen LogP contribution in [0.25, 0.3) is 0 Å². The number of fused-ring (bicyclic) bond motifs is 1. The van der Waals surface area contributed by atoms with Crippen molar-refractivity contribution in [2.45, 2.75) is 88.4 Å². The number of aliphatic hydroxyl groups excluding tert-OH is 1. The minimum absolute atomic E-state index is 0.0177. The van der Waals surface area contributed by atoms with E-state index in [0.717, 1.165) is 18.4 Å². The molecule has 0 saturated carbocycles. The molecule has 2 unspecified atom stereocenters. The van der Waals surface area contributed by atoms with Crippen molar-refractivity contribution in [3.63, 3.8) is 0 Å². The summed E-state index contributed by atoms with van der Waals surface area (Å²) in [5.74, 6) is -1.60. The minimum Gasteiger partial charge on any atom is -0.395 e. The molecule has 7 nitrogen and oxygen atoms in total. The number of hydrogen-bond acceptors (Lipinski definition) is 5. The smallest absolute Gasteiger partial charge is 0.244 e. The van der Waals surface area contributed by atoms with Gasteiger partial charge in [-0.15, -0.1) is 11.8 Å². The normalized spacial score (nSPS) is 31.5. The van der Waals surface area contributed by atoms with E-state index < -0.39 is 32.9 Å². The molecule has 3 saturated heterocycles. The first kappa shape index (κ1) is 27.0. The van der Waals surface area contributed by atoms with E-state index in [9.17, 15) is 19.5 Å². The fraction of sp³-hybridized carbons (Fsp3) is 0.679. The number of hydrogen-bond donors (Lipinski definition) is 3. The second-order valence-corrected chi connectivity index (χ2v) is 14.7. The Kier molecular flexibility index (Phi) is 7.01. The summed E-state index contributed by atoms with van der Waals surface area (Å²) in [7, 11) is 0. The molecule has 1 aromatic rings. The van der Waals surface area contributed by atoms with Gasteiger partial charge in [0.15, 0.2) is 0 Å². The third kappa shape index (κ3) is 4.78. The Morgan fingerprint density at radius 1 is 1.11 bits per heavy atom. The zero-order valence-electron chi connectivity index (χ0n) is 22.4. The first-order valence-corrected chi connectivity index (χ1v) is 13.8. The highest BCUT2D eigenvalue weighted by molar-refractivity contribution is 8.02. The molecule has 0 aromatic heterocycles. The van der Waals surface area contributed by atoms with Gasteiger partial charge < -0.3 is 20.6 Å². The van der Waals surface area contributed by atoms with Crippen LogP contribution in [0.3, 0.4) is 0 Å². The highest BCUT2D eigenvalue weighted by Gasteiger charge is 2.77. The molecule has 3 fully saturated rings. The average Bonchev–Trinajstić information content (AvgIpc) is 3.32. The van der Waals surface area contributed by atoms with E-state index in [1.165, 1.54) is 0 Å². The molecule has 8 heteroatoms. The zero-order valence-corrected chi connectivity index (χ0v) is 23.2. The zero-order chi connectivity index (χ0) is 26.5. The van der Waals surface area contributed by atoms with E-state index in [1.54, 1.807) is 16.7 Å². The molecule has 1 aromatic carbocycles. The molecule has 0 radical (unpaired) electrons. The Balaban J connectivity index is 1.62. The van der Waals surface area contributed by atoms with Crippen LogP contribution in [0.4, 0.5) is 0 Å². The van der Waals surface area contributed by atoms with Crippen molar-refractivity contribution in [3.05, 3.63) is 35.9 Å². The number of β-amino-alcohol motifs (C(OH)–C–C–N with tert-alkyl or cyclic N) is 1. The van der Waals surface area contributed by atoms with E-state index in [4.69, 9.17) is 0 Å². The van der Waals surface area contributed by atoms with Crippen LogP contribution in [0.15, 0.2) is 30.3 Å². The summed E-state index contributed by atoms with van der Waals surface area (Å²) >= 11 is 1.65. The molecule has 3 amide bonds. The predicted molar refractivity (Wildman–Crippen MR) is 142 cm³/mol. The van der Waals surface area contributed by atoms with E-state index in [-0.39, 0.29) is 36.3 Å². The van der Waals surface area contributed by atoms with Crippen molar-refractivity contribution in [2.24, 2.45) is 17.3 Å². The number of amides is 3. The van der Waals surface area contributed by atoms with E-state index in [1.807, 2.05) is 44.2 Å². The Bertz CT molecular complexity index is 1020. The minimum atomic E-state index is -0.708. The number of likely N-dealkylation sites (tertiary alicyclic amines) is 1. The van der Waals surface area contributed by atoms with E-state index in [0.29, 0.717) is 13.0 Å². The van der Waals surface area contributed by atoms with Crippen LogP contribution in [0.5, 0.6) is 0 Å². The first-order valence-electron chi connectivity index (χ1n) is 13.0. The molecular weight excluding hydrogens is 474 g/mol. The Hall–Kier alpha value is -2.06. The maximum atomic E-state index is 13.9. The average molecular weight is 516 g/mol. The largest absolute Gasteiger partial charge is 0.395 e. The maximum absolute atomic E-state index is 13.9. The van der Waals surface area contributed by atoms with Crippen molar-refractivity contribution in [2.75, 3.05) is 13.2 Å². The van der Waals surface area contributed by atoms with Gasteiger partial charge in [-0.25, -0.2) is 0 Å². The van der Waals surface area contributed by atoms with Gasteiger partial charge >= 0.3 is 0 Å². The maximum Gasteiger partial charge on any atom is 0.244 e. The quantitative estimate of drug-likeness (QED) is 0.494. The van der Waals surface area contributed by atoms with E-state index >= 15 is 0 Å². The first-order chi connectivity index (χ1) is 16.7. The standard InChI is InChI=1S/C28H41N3O4S/c1-25(2,3)17-26(4,5)30-23(34)21-28-13-12-27(6,36-28)19(20(28)24(35)31(21)14-15-32)22(33)29-16-18-10-8-7-9-11-18/h7-11,19-21,32H,12-17H2,1-6H3,(H,29,33)(H,30,34)/t19-,20+,21?,27+,28?/m1/s1. The predicted octanol–water partition coefficient (Wildman–Crippen LogP) is 3.11. The molecule has 3 heterocycles. The fourth-order valence-electron chi connectivity index (χ4n) is 7.14. The monoisotopic (exact) mass is 515 g/mol. The van der Waals surface area contributed by atoms with Gasteiger partial charge in [-0.3, -0.25) is 14.4 Å². The van der Waals surface area contributed by atoms with Gasteiger partial charge in [-0.2, -0.15) is 0 Å². The van der Waals surface area contributed by atoms with Gasteiger partial charge in [0.05, 0.1) is 23.2 Å². The van der Waals surface area contributed by atoms with Crippen LogP contribution in [0.2, 0.25) is 0 Å². The third-order valence-corrected chi connectivity index (χ3v) is 9.88. The summed E-state index contributed by atoms with van der Waals surface area (Å²) in [6, 6.07) is 9.01. The number of rotatable bonds is 8. The summed E-state index contributed by atoms with van der Waals surface area (Å²) in [5.41, 5.74) is 0.555. The van der Waals surface area contributed by atoms with Crippen molar-refractivity contribution in [1.82, 2.24) is 15.5 Å². The number of aliphatic hydroxyl groups is 1. The second kappa shape index (κ2) is 9.35. The van der Waals surface area contributed by atoms with Crippen molar-refractivity contribution in [1.29, 1.82) is 0 Å². The Morgan fingerprint density at radius 2 is 1.78 bits per heavy atom. The molecule has 3 N–H and O–H groups in total. The van der Waals surface area contributed by atoms with Gasteiger partial charge in [-0.05, 0) is 51.0 Å². The number of nitrogens with one attached hydrogen (secondary N) is 2. The Labute approximate surface area is 219 Å². The van der Waals surface area contributed by atoms with Gasteiger partial charge in [0.2, 0.25) is 17.7 Å². The molecule has 198 valence electrons. The van der Waals surface area contributed by atoms with Gasteiger partial charge in [-0.1, -0.05) is 51.1 Å².